The summed E-state index contributed by atoms with van der Waals surface area (Å²) in [5.41, 5.74) is 6.93. The van der Waals surface area contributed by atoms with Gasteiger partial charge in [-0.05, 0) is 50.1 Å². The zero-order valence-electron chi connectivity index (χ0n) is 17.9. The molecule has 1 heterocycles. The van der Waals surface area contributed by atoms with Crippen molar-refractivity contribution in [2.75, 3.05) is 7.05 Å². The van der Waals surface area contributed by atoms with E-state index in [1.54, 1.807) is 30.2 Å². The average Bonchev–Trinajstić information content (AvgIpc) is 3.01. The van der Waals surface area contributed by atoms with Crippen molar-refractivity contribution >= 4 is 12.0 Å². The third-order valence-electron chi connectivity index (χ3n) is 5.16. The standard InChI is InChI=1S/C25H26N4O/c1-18-5-7-23(8-6-18)17-29-20(3)24(19(2)27-29)13-14-25(30)28(4)16-22-11-9-21(15-26)10-12-22/h5-14H,16-17H2,1-4H3/b14-13+. The fourth-order valence-electron chi connectivity index (χ4n) is 3.29. The Morgan fingerprint density at radius 1 is 1.07 bits per heavy atom. The summed E-state index contributed by atoms with van der Waals surface area (Å²) in [6.07, 6.45) is 3.44. The summed E-state index contributed by atoms with van der Waals surface area (Å²) in [4.78, 5) is 14.2. The van der Waals surface area contributed by atoms with Gasteiger partial charge in [-0.3, -0.25) is 9.48 Å². The van der Waals surface area contributed by atoms with Gasteiger partial charge >= 0.3 is 0 Å². The van der Waals surface area contributed by atoms with Gasteiger partial charge in [-0.15, -0.1) is 0 Å². The molecule has 0 saturated heterocycles. The Labute approximate surface area is 177 Å². The van der Waals surface area contributed by atoms with E-state index in [-0.39, 0.29) is 5.91 Å². The normalized spacial score (nSPS) is 10.9. The van der Waals surface area contributed by atoms with Crippen LogP contribution in [0.4, 0.5) is 0 Å². The topological polar surface area (TPSA) is 61.9 Å². The van der Waals surface area contributed by atoms with Crippen molar-refractivity contribution in [2.45, 2.75) is 33.9 Å². The number of hydrogen-bond donors (Lipinski definition) is 0. The number of aromatic nitrogens is 2. The second kappa shape index (κ2) is 9.23. The van der Waals surface area contributed by atoms with Gasteiger partial charge < -0.3 is 4.90 Å². The highest BCUT2D eigenvalue weighted by molar-refractivity contribution is 5.91. The van der Waals surface area contributed by atoms with Crippen molar-refractivity contribution in [1.29, 1.82) is 5.26 Å². The van der Waals surface area contributed by atoms with Crippen LogP contribution in [0.3, 0.4) is 0 Å². The number of hydrogen-bond acceptors (Lipinski definition) is 3. The number of carbonyl (C=O) groups excluding carboxylic acids is 1. The summed E-state index contributed by atoms with van der Waals surface area (Å²) >= 11 is 0. The molecular weight excluding hydrogens is 372 g/mol. The molecule has 0 bridgehead atoms. The van der Waals surface area contributed by atoms with E-state index in [9.17, 15) is 4.79 Å². The molecule has 0 unspecified atom stereocenters. The maximum absolute atomic E-state index is 12.6. The van der Waals surface area contributed by atoms with Crippen LogP contribution in [0.25, 0.3) is 6.08 Å². The van der Waals surface area contributed by atoms with Crippen molar-refractivity contribution in [3.63, 3.8) is 0 Å². The van der Waals surface area contributed by atoms with Crippen molar-refractivity contribution in [2.24, 2.45) is 0 Å². The molecule has 0 aliphatic carbocycles. The number of nitriles is 1. The fourth-order valence-corrected chi connectivity index (χ4v) is 3.29. The summed E-state index contributed by atoms with van der Waals surface area (Å²) < 4.78 is 1.98. The highest BCUT2D eigenvalue weighted by atomic mass is 16.2. The molecule has 0 radical (unpaired) electrons. The van der Waals surface area contributed by atoms with Gasteiger partial charge in [0.25, 0.3) is 0 Å². The van der Waals surface area contributed by atoms with Crippen LogP contribution < -0.4 is 0 Å². The van der Waals surface area contributed by atoms with Crippen LogP contribution in [0.5, 0.6) is 0 Å². The summed E-state index contributed by atoms with van der Waals surface area (Å²) in [7, 11) is 1.77. The Morgan fingerprint density at radius 3 is 2.33 bits per heavy atom. The average molecular weight is 399 g/mol. The Kier molecular flexibility index (Phi) is 6.48. The first-order valence-electron chi connectivity index (χ1n) is 9.89. The second-order valence-corrected chi connectivity index (χ2v) is 7.56. The van der Waals surface area contributed by atoms with Crippen molar-refractivity contribution in [3.05, 3.63) is 93.8 Å². The van der Waals surface area contributed by atoms with E-state index in [4.69, 9.17) is 5.26 Å². The van der Waals surface area contributed by atoms with Crippen LogP contribution in [-0.2, 0) is 17.9 Å². The van der Waals surface area contributed by atoms with Crippen LogP contribution >= 0.6 is 0 Å². The molecule has 1 amide bonds. The Balaban J connectivity index is 1.68. The minimum absolute atomic E-state index is 0.0792. The van der Waals surface area contributed by atoms with E-state index in [2.05, 4.69) is 42.4 Å². The summed E-state index contributed by atoms with van der Waals surface area (Å²) in [6.45, 7) is 7.25. The van der Waals surface area contributed by atoms with Gasteiger partial charge in [-0.1, -0.05) is 42.0 Å². The molecule has 5 heteroatoms. The molecule has 0 aliphatic heterocycles. The van der Waals surface area contributed by atoms with Crippen molar-refractivity contribution < 1.29 is 4.79 Å². The summed E-state index contributed by atoms with van der Waals surface area (Å²) in [6, 6.07) is 17.8. The number of benzene rings is 2. The molecule has 2 aromatic carbocycles. The predicted molar refractivity (Wildman–Crippen MR) is 119 cm³/mol. The van der Waals surface area contributed by atoms with Gasteiger partial charge in [0.2, 0.25) is 5.91 Å². The molecule has 30 heavy (non-hydrogen) atoms. The molecule has 3 rings (SSSR count). The van der Waals surface area contributed by atoms with Crippen LogP contribution in [0, 0.1) is 32.1 Å². The highest BCUT2D eigenvalue weighted by Gasteiger charge is 2.11. The van der Waals surface area contributed by atoms with E-state index >= 15 is 0 Å². The molecule has 0 N–H and O–H groups in total. The zero-order valence-corrected chi connectivity index (χ0v) is 17.9. The number of aryl methyl sites for hydroxylation is 2. The number of rotatable bonds is 6. The lowest BCUT2D eigenvalue weighted by Crippen LogP contribution is -2.24. The summed E-state index contributed by atoms with van der Waals surface area (Å²) in [5, 5.41) is 13.5. The molecule has 0 atom stereocenters. The quantitative estimate of drug-likeness (QED) is 0.578. The van der Waals surface area contributed by atoms with Gasteiger partial charge in [0.05, 0.1) is 23.9 Å². The molecule has 0 saturated carbocycles. The maximum atomic E-state index is 12.6. The van der Waals surface area contributed by atoms with Gasteiger partial charge in [0, 0.05) is 30.9 Å². The molecule has 0 spiro atoms. The van der Waals surface area contributed by atoms with Crippen LogP contribution in [0.2, 0.25) is 0 Å². The van der Waals surface area contributed by atoms with Gasteiger partial charge in [0.15, 0.2) is 0 Å². The third kappa shape index (κ3) is 5.03. The molecule has 0 fully saturated rings. The highest BCUT2D eigenvalue weighted by Crippen LogP contribution is 2.17. The van der Waals surface area contributed by atoms with E-state index in [1.165, 1.54) is 11.1 Å². The first-order valence-corrected chi connectivity index (χ1v) is 9.89. The van der Waals surface area contributed by atoms with Crippen molar-refractivity contribution in [3.8, 4) is 6.07 Å². The second-order valence-electron chi connectivity index (χ2n) is 7.56. The minimum Gasteiger partial charge on any atom is -0.338 e. The van der Waals surface area contributed by atoms with Gasteiger partial charge in [-0.25, -0.2) is 0 Å². The predicted octanol–water partition coefficient (Wildman–Crippen LogP) is 4.40. The number of nitrogens with zero attached hydrogens (tertiary/aromatic N) is 4. The molecule has 152 valence electrons. The molecule has 5 nitrogen and oxygen atoms in total. The smallest absolute Gasteiger partial charge is 0.246 e. The first kappa shape index (κ1) is 21.1. The first-order chi connectivity index (χ1) is 14.4. The lowest BCUT2D eigenvalue weighted by atomic mass is 10.1. The van der Waals surface area contributed by atoms with Gasteiger partial charge in [0.1, 0.15) is 0 Å². The SMILES string of the molecule is Cc1ccc(Cn2nc(C)c(/C=C/C(=O)N(C)Cc3ccc(C#N)cc3)c2C)cc1. The largest absolute Gasteiger partial charge is 0.338 e. The molecule has 0 aliphatic rings. The minimum atomic E-state index is -0.0792. The lowest BCUT2D eigenvalue weighted by molar-refractivity contribution is -0.125. The zero-order chi connectivity index (χ0) is 21.7. The Hall–Kier alpha value is -3.65. The van der Waals surface area contributed by atoms with E-state index < -0.39 is 0 Å². The summed E-state index contributed by atoms with van der Waals surface area (Å²) in [5.74, 6) is -0.0792. The fraction of sp³-hybridized carbons (Fsp3) is 0.240. The number of likely N-dealkylation sites (N-methyl/N-ethyl adjacent to an activating group) is 1. The maximum Gasteiger partial charge on any atom is 0.246 e. The molecule has 3 aromatic rings. The van der Waals surface area contributed by atoms with Gasteiger partial charge in [-0.2, -0.15) is 10.4 Å². The van der Waals surface area contributed by atoms with E-state index in [0.29, 0.717) is 18.7 Å². The lowest BCUT2D eigenvalue weighted by Gasteiger charge is -2.15. The Bertz CT molecular complexity index is 1100. The van der Waals surface area contributed by atoms with E-state index in [0.717, 1.165) is 22.5 Å². The number of carbonyl (C=O) groups is 1. The van der Waals surface area contributed by atoms with Crippen LogP contribution in [-0.4, -0.2) is 27.6 Å². The monoisotopic (exact) mass is 398 g/mol. The Morgan fingerprint density at radius 2 is 1.70 bits per heavy atom. The van der Waals surface area contributed by atoms with Crippen molar-refractivity contribution in [1.82, 2.24) is 14.7 Å². The number of amides is 1. The third-order valence-corrected chi connectivity index (χ3v) is 5.16. The van der Waals surface area contributed by atoms with E-state index in [1.807, 2.05) is 36.7 Å². The molecule has 1 aromatic heterocycles. The van der Waals surface area contributed by atoms with Crippen LogP contribution in [0.1, 0.15) is 39.2 Å². The molecular formula is C25H26N4O. The van der Waals surface area contributed by atoms with Crippen LogP contribution in [0.15, 0.2) is 54.6 Å².